The van der Waals surface area contributed by atoms with Gasteiger partial charge in [0.15, 0.2) is 11.6 Å². The fourth-order valence-electron chi connectivity index (χ4n) is 3.19. The smallest absolute Gasteiger partial charge is 0.217 e. The summed E-state index contributed by atoms with van der Waals surface area (Å²) in [6.45, 7) is 4.46. The Hall–Kier alpha value is -2.40. The summed E-state index contributed by atoms with van der Waals surface area (Å²) in [6.07, 6.45) is 0.693. The monoisotopic (exact) mass is 342 g/mol. The van der Waals surface area contributed by atoms with E-state index in [1.807, 2.05) is 18.2 Å². The zero-order valence-electron chi connectivity index (χ0n) is 14.6. The molecule has 0 saturated heterocycles. The van der Waals surface area contributed by atoms with Gasteiger partial charge in [-0.25, -0.2) is 4.39 Å². The van der Waals surface area contributed by atoms with Crippen molar-refractivity contribution in [2.75, 3.05) is 13.7 Å². The van der Waals surface area contributed by atoms with Crippen molar-refractivity contribution in [3.05, 3.63) is 64.5 Å². The van der Waals surface area contributed by atoms with Gasteiger partial charge >= 0.3 is 0 Å². The maximum absolute atomic E-state index is 14.3. The van der Waals surface area contributed by atoms with E-state index in [1.165, 1.54) is 19.6 Å². The minimum absolute atomic E-state index is 0.0279. The zero-order chi connectivity index (χ0) is 17.8. The predicted molar refractivity (Wildman–Crippen MR) is 94.7 cm³/mol. The van der Waals surface area contributed by atoms with Crippen molar-refractivity contribution >= 4 is 5.91 Å². The van der Waals surface area contributed by atoms with Crippen molar-refractivity contribution < 1.29 is 13.9 Å². The molecular formula is C20H23FN2O2. The number of benzene rings is 2. The Balaban J connectivity index is 1.63. The Morgan fingerprint density at radius 2 is 1.92 bits per heavy atom. The second kappa shape index (κ2) is 7.66. The molecule has 0 unspecified atom stereocenters. The molecule has 0 fully saturated rings. The van der Waals surface area contributed by atoms with Crippen LogP contribution in [0, 0.1) is 5.82 Å². The number of hydrogen-bond donors (Lipinski definition) is 1. The molecule has 0 aliphatic carbocycles. The van der Waals surface area contributed by atoms with Gasteiger partial charge in [0.1, 0.15) is 0 Å². The standard InChI is InChI=1S/C20H23FN2O2/c1-14(24)22-11-15-3-5-16(6-4-15)12-23-10-9-18-17(13-23)7-8-19(25-2)20(18)21/h3-8H,9-13H2,1-2H3,(H,22,24). The molecule has 0 aromatic heterocycles. The van der Waals surface area contributed by atoms with Crippen LogP contribution >= 0.6 is 0 Å². The molecule has 0 saturated carbocycles. The first kappa shape index (κ1) is 17.4. The number of methoxy groups -OCH3 is 1. The minimum atomic E-state index is -0.220. The van der Waals surface area contributed by atoms with Crippen molar-refractivity contribution in [3.8, 4) is 5.75 Å². The van der Waals surface area contributed by atoms with Crippen LogP contribution in [0.3, 0.4) is 0 Å². The van der Waals surface area contributed by atoms with Crippen LogP contribution in [0.5, 0.6) is 5.75 Å². The van der Waals surface area contributed by atoms with Crippen LogP contribution < -0.4 is 10.1 Å². The largest absolute Gasteiger partial charge is 0.494 e. The van der Waals surface area contributed by atoms with E-state index in [0.717, 1.165) is 36.3 Å². The number of ether oxygens (including phenoxy) is 1. The van der Waals surface area contributed by atoms with E-state index in [1.54, 1.807) is 6.07 Å². The van der Waals surface area contributed by atoms with Crippen LogP contribution in [0.1, 0.15) is 29.2 Å². The third kappa shape index (κ3) is 4.17. The van der Waals surface area contributed by atoms with Gasteiger partial charge in [0, 0.05) is 33.1 Å². The minimum Gasteiger partial charge on any atom is -0.494 e. The van der Waals surface area contributed by atoms with E-state index in [-0.39, 0.29) is 11.7 Å². The summed E-state index contributed by atoms with van der Waals surface area (Å²) in [6, 6.07) is 11.9. The van der Waals surface area contributed by atoms with Crippen LogP contribution in [-0.2, 0) is 30.8 Å². The molecule has 3 rings (SSSR count). The maximum Gasteiger partial charge on any atom is 0.217 e. The van der Waals surface area contributed by atoms with Gasteiger partial charge in [-0.3, -0.25) is 9.69 Å². The Kier molecular flexibility index (Phi) is 5.34. The fourth-order valence-corrected chi connectivity index (χ4v) is 3.19. The molecular weight excluding hydrogens is 319 g/mol. The quantitative estimate of drug-likeness (QED) is 0.908. The molecule has 1 heterocycles. The lowest BCUT2D eigenvalue weighted by molar-refractivity contribution is -0.119. The van der Waals surface area contributed by atoms with E-state index in [4.69, 9.17) is 4.74 Å². The van der Waals surface area contributed by atoms with Gasteiger partial charge in [-0.2, -0.15) is 0 Å². The number of nitrogens with zero attached hydrogens (tertiary/aromatic N) is 1. The fraction of sp³-hybridized carbons (Fsp3) is 0.350. The number of carbonyl (C=O) groups excluding carboxylic acids is 1. The number of halogens is 1. The summed E-state index contributed by atoms with van der Waals surface area (Å²) in [5.41, 5.74) is 4.11. The molecule has 1 amide bonds. The van der Waals surface area contributed by atoms with Gasteiger partial charge in [0.05, 0.1) is 7.11 Å². The average Bonchev–Trinajstić information content (AvgIpc) is 2.61. The van der Waals surface area contributed by atoms with Gasteiger partial charge in [0.25, 0.3) is 0 Å². The highest BCUT2D eigenvalue weighted by atomic mass is 19.1. The van der Waals surface area contributed by atoms with Crippen molar-refractivity contribution in [1.29, 1.82) is 0 Å². The normalized spacial score (nSPS) is 14.0. The lowest BCUT2D eigenvalue weighted by Gasteiger charge is -2.29. The topological polar surface area (TPSA) is 41.6 Å². The van der Waals surface area contributed by atoms with Crippen LogP contribution in [0.4, 0.5) is 4.39 Å². The maximum atomic E-state index is 14.3. The lowest BCUT2D eigenvalue weighted by atomic mass is 9.98. The highest BCUT2D eigenvalue weighted by Crippen LogP contribution is 2.28. The number of fused-ring (bicyclic) bond motifs is 1. The summed E-state index contributed by atoms with van der Waals surface area (Å²) >= 11 is 0. The second-order valence-electron chi connectivity index (χ2n) is 6.41. The summed E-state index contributed by atoms with van der Waals surface area (Å²) in [5.74, 6) is 0.0730. The SMILES string of the molecule is COc1ccc2c(c1F)CCN(Cc1ccc(CNC(C)=O)cc1)C2. The van der Waals surface area contributed by atoms with Crippen molar-refractivity contribution in [2.45, 2.75) is 33.0 Å². The Labute approximate surface area is 147 Å². The molecule has 25 heavy (non-hydrogen) atoms. The summed E-state index contributed by atoms with van der Waals surface area (Å²) in [5, 5.41) is 2.79. The summed E-state index contributed by atoms with van der Waals surface area (Å²) in [4.78, 5) is 13.3. The second-order valence-corrected chi connectivity index (χ2v) is 6.41. The van der Waals surface area contributed by atoms with Crippen LogP contribution in [0.15, 0.2) is 36.4 Å². The van der Waals surface area contributed by atoms with E-state index in [0.29, 0.717) is 18.7 Å². The Morgan fingerprint density at radius 3 is 2.60 bits per heavy atom. The van der Waals surface area contributed by atoms with E-state index >= 15 is 0 Å². The first-order chi connectivity index (χ1) is 12.1. The van der Waals surface area contributed by atoms with Crippen LogP contribution in [0.25, 0.3) is 0 Å². The molecule has 0 radical (unpaired) electrons. The van der Waals surface area contributed by atoms with Crippen molar-refractivity contribution in [3.63, 3.8) is 0 Å². The molecule has 132 valence electrons. The highest BCUT2D eigenvalue weighted by molar-refractivity contribution is 5.72. The Bertz CT molecular complexity index is 759. The molecule has 4 nitrogen and oxygen atoms in total. The van der Waals surface area contributed by atoms with Crippen molar-refractivity contribution in [1.82, 2.24) is 10.2 Å². The highest BCUT2D eigenvalue weighted by Gasteiger charge is 2.21. The molecule has 1 aliphatic heterocycles. The van der Waals surface area contributed by atoms with Gasteiger partial charge in [-0.15, -0.1) is 0 Å². The van der Waals surface area contributed by atoms with Crippen LogP contribution in [0.2, 0.25) is 0 Å². The van der Waals surface area contributed by atoms with E-state index in [9.17, 15) is 9.18 Å². The molecule has 0 bridgehead atoms. The first-order valence-corrected chi connectivity index (χ1v) is 8.45. The van der Waals surface area contributed by atoms with Gasteiger partial charge < -0.3 is 10.1 Å². The lowest BCUT2D eigenvalue weighted by Crippen LogP contribution is -2.30. The predicted octanol–water partition coefficient (Wildman–Crippen LogP) is 3.03. The summed E-state index contributed by atoms with van der Waals surface area (Å²) < 4.78 is 19.4. The van der Waals surface area contributed by atoms with Gasteiger partial charge in [-0.1, -0.05) is 30.3 Å². The third-order valence-corrected chi connectivity index (χ3v) is 4.57. The molecule has 1 aliphatic rings. The molecule has 0 spiro atoms. The van der Waals surface area contributed by atoms with Crippen molar-refractivity contribution in [2.24, 2.45) is 0 Å². The molecule has 1 N–H and O–H groups in total. The van der Waals surface area contributed by atoms with E-state index < -0.39 is 0 Å². The molecule has 2 aromatic carbocycles. The first-order valence-electron chi connectivity index (χ1n) is 8.45. The summed E-state index contributed by atoms with van der Waals surface area (Å²) in [7, 11) is 1.50. The number of carbonyl (C=O) groups is 1. The zero-order valence-corrected chi connectivity index (χ0v) is 14.6. The molecule has 2 aromatic rings. The Morgan fingerprint density at radius 1 is 1.20 bits per heavy atom. The van der Waals surface area contributed by atoms with Gasteiger partial charge in [-0.05, 0) is 34.7 Å². The van der Waals surface area contributed by atoms with Gasteiger partial charge in [0.2, 0.25) is 5.91 Å². The number of amides is 1. The molecule has 0 atom stereocenters. The molecule has 5 heteroatoms. The number of rotatable bonds is 5. The average molecular weight is 342 g/mol. The van der Waals surface area contributed by atoms with Crippen LogP contribution in [-0.4, -0.2) is 24.5 Å². The number of nitrogens with one attached hydrogen (secondary N) is 1. The van der Waals surface area contributed by atoms with E-state index in [2.05, 4.69) is 22.3 Å². The third-order valence-electron chi connectivity index (χ3n) is 4.57. The number of hydrogen-bond acceptors (Lipinski definition) is 3.